The highest BCUT2D eigenvalue weighted by Crippen LogP contribution is 2.47. The highest BCUT2D eigenvalue weighted by molar-refractivity contribution is 7.91. The number of carbonyl (C=O) groups excluding carboxylic acids is 1. The predicted molar refractivity (Wildman–Crippen MR) is 152 cm³/mol. The molecule has 1 N–H and O–H groups in total. The smallest absolute Gasteiger partial charge is 0.264 e. The number of amides is 1. The topological polar surface area (TPSA) is 102 Å². The number of aromatic nitrogens is 1. The summed E-state index contributed by atoms with van der Waals surface area (Å²) in [4.78, 5) is 14.8. The van der Waals surface area contributed by atoms with Crippen molar-refractivity contribution in [1.82, 2.24) is 9.88 Å². The van der Waals surface area contributed by atoms with Gasteiger partial charge >= 0.3 is 0 Å². The highest BCUT2D eigenvalue weighted by atomic mass is 35.5. The van der Waals surface area contributed by atoms with Gasteiger partial charge in [0, 0.05) is 46.8 Å². The van der Waals surface area contributed by atoms with Gasteiger partial charge in [-0.1, -0.05) is 34.4 Å². The van der Waals surface area contributed by atoms with Crippen LogP contribution in [0.5, 0.6) is 0 Å². The summed E-state index contributed by atoms with van der Waals surface area (Å²) in [5.41, 5.74) is 3.65. The number of sulfonamides is 1. The summed E-state index contributed by atoms with van der Waals surface area (Å²) in [5.74, 6) is 1.06. The van der Waals surface area contributed by atoms with Crippen molar-refractivity contribution < 1.29 is 22.5 Å². The second-order valence-corrected chi connectivity index (χ2v) is 14.1. The van der Waals surface area contributed by atoms with E-state index in [1.54, 1.807) is 24.3 Å². The van der Waals surface area contributed by atoms with E-state index < -0.39 is 21.2 Å². The van der Waals surface area contributed by atoms with Crippen LogP contribution in [0.3, 0.4) is 0 Å². The van der Waals surface area contributed by atoms with Crippen LogP contribution >= 0.6 is 23.2 Å². The fourth-order valence-corrected chi connectivity index (χ4v) is 8.00. The van der Waals surface area contributed by atoms with Crippen LogP contribution < -0.4 is 9.62 Å². The maximum Gasteiger partial charge on any atom is 0.264 e. The molecule has 1 amide bonds. The molecule has 3 saturated carbocycles. The second-order valence-electron chi connectivity index (χ2n) is 11.4. The molecule has 1 aromatic heterocycles. The Hall–Kier alpha value is -2.59. The van der Waals surface area contributed by atoms with Gasteiger partial charge in [0.15, 0.2) is 0 Å². The molecule has 4 fully saturated rings. The van der Waals surface area contributed by atoms with E-state index in [4.69, 9.17) is 32.5 Å². The Kier molecular flexibility index (Phi) is 6.61. The quantitative estimate of drug-likeness (QED) is 0.324. The van der Waals surface area contributed by atoms with Gasteiger partial charge in [-0.3, -0.25) is 4.79 Å². The normalized spacial score (nSPS) is 24.1. The van der Waals surface area contributed by atoms with Crippen molar-refractivity contribution in [3.05, 3.63) is 69.4 Å². The van der Waals surface area contributed by atoms with Gasteiger partial charge in [-0.05, 0) is 74.9 Å². The Balaban J connectivity index is 1.01. The molecule has 0 spiro atoms. The Morgan fingerprint density at radius 2 is 1.77 bits per heavy atom. The van der Waals surface area contributed by atoms with Gasteiger partial charge in [-0.2, -0.15) is 0 Å². The number of anilines is 1. The van der Waals surface area contributed by atoms with Crippen LogP contribution in [-0.4, -0.2) is 43.4 Å². The average Bonchev–Trinajstić information content (AvgIpc) is 3.86. The van der Waals surface area contributed by atoms with Gasteiger partial charge in [0.25, 0.3) is 5.91 Å². The summed E-state index contributed by atoms with van der Waals surface area (Å²) in [7, 11) is -3.57. The van der Waals surface area contributed by atoms with Gasteiger partial charge in [-0.25, -0.2) is 13.1 Å². The molecule has 2 aromatic carbocycles. The lowest BCUT2D eigenvalue weighted by Gasteiger charge is -2.33. The van der Waals surface area contributed by atoms with Gasteiger partial charge in [-0.15, -0.1) is 0 Å². The Labute approximate surface area is 243 Å². The van der Waals surface area contributed by atoms with E-state index in [9.17, 15) is 13.2 Å². The summed E-state index contributed by atoms with van der Waals surface area (Å²) in [5, 5.41) is 5.01. The number of nitrogens with one attached hydrogen (secondary N) is 1. The van der Waals surface area contributed by atoms with E-state index in [-0.39, 0.29) is 6.10 Å². The van der Waals surface area contributed by atoms with Crippen molar-refractivity contribution in [2.75, 3.05) is 11.4 Å². The lowest BCUT2D eigenvalue weighted by molar-refractivity contribution is 0.0122. The SMILES string of the molecule is O=C(NS(=O)(=O)C1CC1)c1ccc(N2C[C@H]3C[C@@H]2C[C@@H]3OCc2c(-c3c(Cl)cccc3Cl)noc2C2CC2)cc1. The number of hydrogen-bond donors (Lipinski definition) is 1. The molecule has 3 aliphatic carbocycles. The number of halogens is 2. The maximum atomic E-state index is 12.4. The van der Waals surface area contributed by atoms with Crippen LogP contribution in [-0.2, 0) is 21.4 Å². The van der Waals surface area contributed by atoms with Crippen LogP contribution in [0.15, 0.2) is 47.0 Å². The zero-order valence-corrected chi connectivity index (χ0v) is 24.0. The standard InChI is InChI=1S/C29H29Cl2N3O5S/c30-23-2-1-3-24(31)26(23)27-22(28(39-32-27)16-4-5-16)15-38-25-13-20-12-18(25)14-34(20)19-8-6-17(7-9-19)29(35)33-40(36,37)21-10-11-21/h1-3,6-9,16,18,20-21,25H,4-5,10-15H2,(H,33,35)/t18-,20-,25+/m1/s1. The minimum atomic E-state index is -3.57. The summed E-state index contributed by atoms with van der Waals surface area (Å²) in [6.45, 7) is 1.26. The lowest BCUT2D eigenvalue weighted by atomic mass is 10.0. The number of carbonyl (C=O) groups is 1. The summed E-state index contributed by atoms with van der Waals surface area (Å²) in [6, 6.07) is 12.9. The van der Waals surface area contributed by atoms with Crippen LogP contribution in [0.4, 0.5) is 5.69 Å². The zero-order chi connectivity index (χ0) is 27.6. The number of fused-ring (bicyclic) bond motifs is 2. The van der Waals surface area contributed by atoms with Crippen LogP contribution in [0.2, 0.25) is 10.0 Å². The molecule has 0 radical (unpaired) electrons. The number of hydrogen-bond acceptors (Lipinski definition) is 7. The fraction of sp³-hybridized carbons (Fsp3) is 0.448. The van der Waals surface area contributed by atoms with E-state index in [1.165, 1.54) is 0 Å². The summed E-state index contributed by atoms with van der Waals surface area (Å²) < 4.78 is 38.7. The van der Waals surface area contributed by atoms with Gasteiger partial charge in [0.1, 0.15) is 11.5 Å². The first-order valence-electron chi connectivity index (χ1n) is 13.8. The van der Waals surface area contributed by atoms with E-state index in [0.29, 0.717) is 64.2 Å². The molecule has 210 valence electrons. The zero-order valence-electron chi connectivity index (χ0n) is 21.7. The second kappa shape index (κ2) is 10.0. The number of nitrogens with zero attached hydrogens (tertiary/aromatic N) is 2. The number of benzene rings is 2. The van der Waals surface area contributed by atoms with Crippen molar-refractivity contribution in [1.29, 1.82) is 0 Å². The van der Waals surface area contributed by atoms with Crippen molar-refractivity contribution >= 4 is 44.8 Å². The maximum absolute atomic E-state index is 12.4. The Bertz CT molecular complexity index is 1550. The third-order valence-corrected chi connectivity index (χ3v) is 11.0. The first-order chi connectivity index (χ1) is 19.3. The molecule has 2 heterocycles. The fourth-order valence-electron chi connectivity index (χ4n) is 6.12. The molecule has 2 bridgehead atoms. The van der Waals surface area contributed by atoms with E-state index in [1.807, 2.05) is 18.2 Å². The van der Waals surface area contributed by atoms with E-state index in [0.717, 1.165) is 49.2 Å². The highest BCUT2D eigenvalue weighted by Gasteiger charge is 2.46. The molecule has 8 nitrogen and oxygen atoms in total. The molecule has 1 aliphatic heterocycles. The monoisotopic (exact) mass is 601 g/mol. The molecule has 0 unspecified atom stereocenters. The van der Waals surface area contributed by atoms with Crippen molar-refractivity contribution in [3.63, 3.8) is 0 Å². The van der Waals surface area contributed by atoms with Crippen molar-refractivity contribution in [3.8, 4) is 11.3 Å². The molecule has 11 heteroatoms. The van der Waals surface area contributed by atoms with Crippen molar-refractivity contribution in [2.45, 2.75) is 68.4 Å². The third-order valence-electron chi connectivity index (χ3n) is 8.54. The van der Waals surface area contributed by atoms with E-state index >= 15 is 0 Å². The lowest BCUT2D eigenvalue weighted by Crippen LogP contribution is -2.38. The minimum Gasteiger partial charge on any atom is -0.373 e. The minimum absolute atomic E-state index is 0.121. The largest absolute Gasteiger partial charge is 0.373 e. The Morgan fingerprint density at radius 3 is 2.40 bits per heavy atom. The Morgan fingerprint density at radius 1 is 1.05 bits per heavy atom. The summed E-state index contributed by atoms with van der Waals surface area (Å²) >= 11 is 13.0. The first kappa shape index (κ1) is 26.3. The first-order valence-corrected chi connectivity index (χ1v) is 16.1. The van der Waals surface area contributed by atoms with E-state index in [2.05, 4.69) is 14.8 Å². The predicted octanol–water partition coefficient (Wildman–Crippen LogP) is 5.93. The molecule has 7 rings (SSSR count). The molecule has 4 aliphatic rings. The van der Waals surface area contributed by atoms with Gasteiger partial charge < -0.3 is 14.2 Å². The molecular formula is C29H29Cl2N3O5S. The third kappa shape index (κ3) is 4.91. The summed E-state index contributed by atoms with van der Waals surface area (Å²) in [6.07, 6.45) is 5.45. The average molecular weight is 603 g/mol. The number of rotatable bonds is 9. The molecule has 40 heavy (non-hydrogen) atoms. The number of piperidine rings is 1. The van der Waals surface area contributed by atoms with Crippen LogP contribution in [0.1, 0.15) is 66.1 Å². The van der Waals surface area contributed by atoms with Crippen LogP contribution in [0, 0.1) is 5.92 Å². The van der Waals surface area contributed by atoms with Gasteiger partial charge in [0.2, 0.25) is 10.0 Å². The molecule has 3 atom stereocenters. The molecule has 1 saturated heterocycles. The molecular weight excluding hydrogens is 573 g/mol. The van der Waals surface area contributed by atoms with Crippen LogP contribution in [0.25, 0.3) is 11.3 Å². The number of ether oxygens (including phenoxy) is 1. The van der Waals surface area contributed by atoms with Gasteiger partial charge in [0.05, 0.1) is 28.0 Å². The molecule has 3 aromatic rings. The van der Waals surface area contributed by atoms with Crippen molar-refractivity contribution in [2.24, 2.45) is 5.92 Å².